The molecule has 0 atom stereocenters. The Kier molecular flexibility index (Phi) is 11.2. The SMILES string of the molecule is C=C(C)COCCN=C(N(C)C)N(C)C.I. The van der Waals surface area contributed by atoms with Crippen LogP contribution in [0.1, 0.15) is 6.92 Å². The zero-order chi connectivity index (χ0) is 11.8. The maximum atomic E-state index is 5.36. The largest absolute Gasteiger partial charge is 0.375 e. The maximum Gasteiger partial charge on any atom is 0.195 e. The number of rotatable bonds is 5. The van der Waals surface area contributed by atoms with Crippen LogP contribution < -0.4 is 0 Å². The number of guanidine groups is 1. The molecule has 0 aliphatic carbocycles. The Morgan fingerprint density at radius 1 is 1.19 bits per heavy atom. The summed E-state index contributed by atoms with van der Waals surface area (Å²) in [5, 5.41) is 0. The van der Waals surface area contributed by atoms with Crippen molar-refractivity contribution in [2.45, 2.75) is 6.92 Å². The Labute approximate surface area is 116 Å². The van der Waals surface area contributed by atoms with Crippen LogP contribution >= 0.6 is 24.0 Å². The van der Waals surface area contributed by atoms with Gasteiger partial charge in [-0.2, -0.15) is 0 Å². The standard InChI is InChI=1S/C11H23N3O.HI/c1-10(2)9-15-8-7-12-11(13(3)4)14(5)6;/h1,7-9H2,2-6H3;1H. The lowest BCUT2D eigenvalue weighted by molar-refractivity contribution is 0.164. The fourth-order valence-corrected chi connectivity index (χ4v) is 1.14. The Morgan fingerprint density at radius 3 is 2.06 bits per heavy atom. The van der Waals surface area contributed by atoms with E-state index in [-0.39, 0.29) is 24.0 Å². The van der Waals surface area contributed by atoms with Crippen LogP contribution in [0, 0.1) is 0 Å². The highest BCUT2D eigenvalue weighted by atomic mass is 127. The highest BCUT2D eigenvalue weighted by Gasteiger charge is 2.02. The van der Waals surface area contributed by atoms with Crippen LogP contribution in [0.3, 0.4) is 0 Å². The number of aliphatic imine (C=N–C) groups is 1. The minimum absolute atomic E-state index is 0. The molecule has 5 heteroatoms. The second kappa shape index (κ2) is 9.89. The van der Waals surface area contributed by atoms with E-state index in [2.05, 4.69) is 11.6 Å². The van der Waals surface area contributed by atoms with E-state index in [4.69, 9.17) is 4.74 Å². The zero-order valence-corrected chi connectivity index (χ0v) is 13.3. The summed E-state index contributed by atoms with van der Waals surface area (Å²) in [4.78, 5) is 8.40. The van der Waals surface area contributed by atoms with Gasteiger partial charge in [-0.25, -0.2) is 0 Å². The van der Waals surface area contributed by atoms with Gasteiger partial charge in [-0.05, 0) is 6.92 Å². The average molecular weight is 341 g/mol. The van der Waals surface area contributed by atoms with E-state index in [1.54, 1.807) is 0 Å². The molecule has 0 fully saturated rings. The van der Waals surface area contributed by atoms with E-state index in [1.807, 2.05) is 44.9 Å². The smallest absolute Gasteiger partial charge is 0.195 e. The summed E-state index contributed by atoms with van der Waals surface area (Å²) in [6, 6.07) is 0. The third-order valence-corrected chi connectivity index (χ3v) is 1.64. The van der Waals surface area contributed by atoms with E-state index in [1.165, 1.54) is 0 Å². The highest BCUT2D eigenvalue weighted by Crippen LogP contribution is 1.91. The maximum absolute atomic E-state index is 5.36. The summed E-state index contributed by atoms with van der Waals surface area (Å²) in [5.74, 6) is 0.953. The molecule has 0 rings (SSSR count). The topological polar surface area (TPSA) is 28.1 Å². The number of halogens is 1. The van der Waals surface area contributed by atoms with Crippen molar-refractivity contribution < 1.29 is 4.74 Å². The minimum atomic E-state index is 0. The molecular weight excluding hydrogens is 317 g/mol. The van der Waals surface area contributed by atoms with E-state index in [0.29, 0.717) is 19.8 Å². The van der Waals surface area contributed by atoms with Crippen molar-refractivity contribution in [3.63, 3.8) is 0 Å². The van der Waals surface area contributed by atoms with Gasteiger partial charge >= 0.3 is 0 Å². The Morgan fingerprint density at radius 2 is 1.69 bits per heavy atom. The molecule has 0 amide bonds. The van der Waals surface area contributed by atoms with Crippen LogP contribution in [0.5, 0.6) is 0 Å². The number of nitrogens with zero attached hydrogens (tertiary/aromatic N) is 3. The number of hydrogen-bond acceptors (Lipinski definition) is 2. The van der Waals surface area contributed by atoms with Gasteiger partial charge in [0.1, 0.15) is 0 Å². The summed E-state index contributed by atoms with van der Waals surface area (Å²) >= 11 is 0. The molecule has 0 aromatic heterocycles. The lowest BCUT2D eigenvalue weighted by atomic mass is 10.4. The van der Waals surface area contributed by atoms with Gasteiger partial charge in [0.15, 0.2) is 5.96 Å². The minimum Gasteiger partial charge on any atom is -0.375 e. The van der Waals surface area contributed by atoms with E-state index in [0.717, 1.165) is 11.5 Å². The normalized spacial score (nSPS) is 9.06. The lowest BCUT2D eigenvalue weighted by Gasteiger charge is -2.22. The van der Waals surface area contributed by atoms with Gasteiger partial charge in [0.05, 0.1) is 19.8 Å². The fraction of sp³-hybridized carbons (Fsp3) is 0.727. The molecule has 4 nitrogen and oxygen atoms in total. The van der Waals surface area contributed by atoms with Crippen molar-refractivity contribution in [3.8, 4) is 0 Å². The van der Waals surface area contributed by atoms with Crippen LogP contribution in [0.25, 0.3) is 0 Å². The van der Waals surface area contributed by atoms with Crippen molar-refractivity contribution in [2.75, 3.05) is 47.9 Å². The molecule has 0 heterocycles. The summed E-state index contributed by atoms with van der Waals surface area (Å²) in [6.45, 7) is 7.66. The summed E-state index contributed by atoms with van der Waals surface area (Å²) in [7, 11) is 7.92. The first-order chi connectivity index (χ1) is 6.95. The molecule has 0 saturated carbocycles. The summed E-state index contributed by atoms with van der Waals surface area (Å²) in [6.07, 6.45) is 0. The van der Waals surface area contributed by atoms with E-state index >= 15 is 0 Å². The van der Waals surface area contributed by atoms with Crippen molar-refractivity contribution in [2.24, 2.45) is 4.99 Å². The zero-order valence-electron chi connectivity index (χ0n) is 11.0. The van der Waals surface area contributed by atoms with Gasteiger partial charge in [-0.1, -0.05) is 12.2 Å². The van der Waals surface area contributed by atoms with Crippen molar-refractivity contribution in [3.05, 3.63) is 12.2 Å². The predicted octanol–water partition coefficient (Wildman–Crippen LogP) is 1.68. The molecule has 0 radical (unpaired) electrons. The highest BCUT2D eigenvalue weighted by molar-refractivity contribution is 14.0. The molecule has 0 saturated heterocycles. The first-order valence-electron chi connectivity index (χ1n) is 5.06. The monoisotopic (exact) mass is 341 g/mol. The van der Waals surface area contributed by atoms with Gasteiger partial charge in [0.2, 0.25) is 0 Å². The molecule has 0 aromatic carbocycles. The molecule has 96 valence electrons. The molecule has 0 aliphatic heterocycles. The third kappa shape index (κ3) is 8.96. The Hall–Kier alpha value is -0.300. The fourth-order valence-electron chi connectivity index (χ4n) is 1.14. The van der Waals surface area contributed by atoms with Crippen LogP contribution in [-0.4, -0.2) is 63.7 Å². The second-order valence-electron chi connectivity index (χ2n) is 3.98. The lowest BCUT2D eigenvalue weighted by Crippen LogP contribution is -2.35. The average Bonchev–Trinajstić information content (AvgIpc) is 2.08. The van der Waals surface area contributed by atoms with Crippen LogP contribution in [0.15, 0.2) is 17.1 Å². The van der Waals surface area contributed by atoms with Crippen molar-refractivity contribution >= 4 is 29.9 Å². The van der Waals surface area contributed by atoms with E-state index in [9.17, 15) is 0 Å². The van der Waals surface area contributed by atoms with Gasteiger partial charge < -0.3 is 14.5 Å². The molecule has 0 aromatic rings. The first-order valence-corrected chi connectivity index (χ1v) is 5.06. The van der Waals surface area contributed by atoms with Gasteiger partial charge in [0.25, 0.3) is 0 Å². The molecule has 0 aliphatic rings. The third-order valence-electron chi connectivity index (χ3n) is 1.64. The van der Waals surface area contributed by atoms with Crippen molar-refractivity contribution in [1.29, 1.82) is 0 Å². The second-order valence-corrected chi connectivity index (χ2v) is 3.98. The van der Waals surface area contributed by atoms with Crippen LogP contribution in [0.2, 0.25) is 0 Å². The molecular formula is C11H24IN3O. The predicted molar refractivity (Wildman–Crippen MR) is 80.7 cm³/mol. The molecule has 0 unspecified atom stereocenters. The molecule has 0 spiro atoms. The van der Waals surface area contributed by atoms with Crippen LogP contribution in [-0.2, 0) is 4.74 Å². The Bertz CT molecular complexity index is 217. The number of hydrogen-bond donors (Lipinski definition) is 0. The van der Waals surface area contributed by atoms with Crippen LogP contribution in [0.4, 0.5) is 0 Å². The van der Waals surface area contributed by atoms with E-state index < -0.39 is 0 Å². The van der Waals surface area contributed by atoms with Crippen molar-refractivity contribution in [1.82, 2.24) is 9.80 Å². The Balaban J connectivity index is 0. The number of ether oxygens (including phenoxy) is 1. The molecule has 16 heavy (non-hydrogen) atoms. The van der Waals surface area contributed by atoms with Gasteiger partial charge in [0, 0.05) is 28.2 Å². The molecule has 0 bridgehead atoms. The summed E-state index contributed by atoms with van der Waals surface area (Å²) < 4.78 is 5.36. The first kappa shape index (κ1) is 18.1. The van der Waals surface area contributed by atoms with Gasteiger partial charge in [-0.3, -0.25) is 4.99 Å². The van der Waals surface area contributed by atoms with Gasteiger partial charge in [-0.15, -0.1) is 24.0 Å². The summed E-state index contributed by atoms with van der Waals surface area (Å²) in [5.41, 5.74) is 1.04. The quantitative estimate of drug-likeness (QED) is 0.250. The molecule has 0 N–H and O–H groups in total.